The maximum absolute atomic E-state index is 10.9. The molecule has 0 saturated carbocycles. The lowest BCUT2D eigenvalue weighted by Gasteiger charge is -2.06. The van der Waals surface area contributed by atoms with Gasteiger partial charge in [-0.05, 0) is 19.1 Å². The van der Waals surface area contributed by atoms with Gasteiger partial charge in [-0.15, -0.1) is 0 Å². The molecule has 1 unspecified atom stereocenters. The van der Waals surface area contributed by atoms with Crippen molar-refractivity contribution in [1.29, 1.82) is 0 Å². The van der Waals surface area contributed by atoms with Gasteiger partial charge in [0.1, 0.15) is 5.75 Å². The van der Waals surface area contributed by atoms with E-state index < -0.39 is 11.9 Å². The average Bonchev–Trinajstić information content (AvgIpc) is 2.86. The van der Waals surface area contributed by atoms with E-state index in [2.05, 4.69) is 21.0 Å². The van der Waals surface area contributed by atoms with Crippen molar-refractivity contribution in [3.8, 4) is 11.4 Å². The molecule has 1 aromatic carbocycles. The third-order valence-electron chi connectivity index (χ3n) is 2.83. The topological polar surface area (TPSA) is 64.3 Å². The largest absolute Gasteiger partial charge is 0.497 e. The zero-order chi connectivity index (χ0) is 14.0. The monoisotopic (exact) mass is 324 g/mol. The summed E-state index contributed by atoms with van der Waals surface area (Å²) in [6.07, 6.45) is 3.27. The molecule has 0 spiro atoms. The highest BCUT2D eigenvalue weighted by molar-refractivity contribution is 9.10. The van der Waals surface area contributed by atoms with Gasteiger partial charge in [-0.1, -0.05) is 15.9 Å². The summed E-state index contributed by atoms with van der Waals surface area (Å²) in [4.78, 5) is 10.9. The first kappa shape index (κ1) is 13.6. The fraction of sp³-hybridized carbons (Fsp3) is 0.231. The van der Waals surface area contributed by atoms with Crippen molar-refractivity contribution in [2.24, 2.45) is 0 Å². The Morgan fingerprint density at radius 1 is 1.47 bits per heavy atom. The molecule has 0 aliphatic carbocycles. The number of aliphatic carboxylic acids is 1. The third kappa shape index (κ3) is 2.96. The van der Waals surface area contributed by atoms with Crippen LogP contribution < -0.4 is 4.74 Å². The van der Waals surface area contributed by atoms with Gasteiger partial charge >= 0.3 is 5.97 Å². The predicted molar refractivity (Wildman–Crippen MR) is 73.9 cm³/mol. The molecule has 2 aromatic rings. The Kier molecular flexibility index (Phi) is 3.90. The minimum atomic E-state index is -0.869. The number of benzene rings is 1. The molecule has 0 radical (unpaired) electrons. The summed E-state index contributed by atoms with van der Waals surface area (Å²) < 4.78 is 7.68. The highest BCUT2D eigenvalue weighted by Gasteiger charge is 2.16. The molecule has 0 amide bonds. The summed E-state index contributed by atoms with van der Waals surface area (Å²) in [6, 6.07) is 5.55. The maximum atomic E-state index is 10.9. The van der Waals surface area contributed by atoms with Crippen LogP contribution in [-0.2, 0) is 4.79 Å². The fourth-order valence-electron chi connectivity index (χ4n) is 1.64. The Labute approximate surface area is 118 Å². The van der Waals surface area contributed by atoms with E-state index in [4.69, 9.17) is 9.84 Å². The molecule has 2 rings (SSSR count). The number of halogens is 1. The fourth-order valence-corrected chi connectivity index (χ4v) is 2.10. The standard InChI is InChI=1S/C13H13BrN2O3/c1-8(13(17)18)9-6-15-16(7-9)11-3-10(14)4-12(5-11)19-2/h3-8H,1-2H3,(H,17,18). The first-order valence-corrected chi connectivity index (χ1v) is 6.43. The van der Waals surface area contributed by atoms with Gasteiger partial charge in [0.25, 0.3) is 0 Å². The molecule has 0 aliphatic rings. The Morgan fingerprint density at radius 2 is 2.21 bits per heavy atom. The molecule has 100 valence electrons. The van der Waals surface area contributed by atoms with Crippen LogP contribution in [-0.4, -0.2) is 28.0 Å². The quantitative estimate of drug-likeness (QED) is 0.939. The number of nitrogens with zero attached hydrogens (tertiary/aromatic N) is 2. The number of carbonyl (C=O) groups is 1. The summed E-state index contributed by atoms with van der Waals surface area (Å²) >= 11 is 3.39. The Morgan fingerprint density at radius 3 is 2.84 bits per heavy atom. The van der Waals surface area contributed by atoms with Gasteiger partial charge in [-0.3, -0.25) is 4.79 Å². The molecule has 1 atom stereocenters. The summed E-state index contributed by atoms with van der Waals surface area (Å²) in [5.41, 5.74) is 1.46. The van der Waals surface area contributed by atoms with Crippen LogP contribution >= 0.6 is 15.9 Å². The first-order chi connectivity index (χ1) is 9.01. The Hall–Kier alpha value is -1.82. The van der Waals surface area contributed by atoms with Crippen LogP contribution in [0.15, 0.2) is 35.1 Å². The molecule has 0 bridgehead atoms. The van der Waals surface area contributed by atoms with Crippen LogP contribution in [0.1, 0.15) is 18.4 Å². The smallest absolute Gasteiger partial charge is 0.310 e. The third-order valence-corrected chi connectivity index (χ3v) is 3.29. The van der Waals surface area contributed by atoms with Crippen LogP contribution in [0.25, 0.3) is 5.69 Å². The van der Waals surface area contributed by atoms with E-state index in [1.54, 1.807) is 31.1 Å². The summed E-state index contributed by atoms with van der Waals surface area (Å²) in [5.74, 6) is -0.748. The van der Waals surface area contributed by atoms with Crippen molar-refractivity contribution < 1.29 is 14.6 Å². The van der Waals surface area contributed by atoms with E-state index in [9.17, 15) is 4.79 Å². The number of ether oxygens (including phenoxy) is 1. The average molecular weight is 325 g/mol. The van der Waals surface area contributed by atoms with Crippen LogP contribution in [0.5, 0.6) is 5.75 Å². The number of aromatic nitrogens is 2. The Bertz CT molecular complexity index is 610. The molecule has 1 heterocycles. The molecule has 6 heteroatoms. The van der Waals surface area contributed by atoms with Crippen molar-refractivity contribution in [1.82, 2.24) is 9.78 Å². The lowest BCUT2D eigenvalue weighted by Crippen LogP contribution is -2.06. The van der Waals surface area contributed by atoms with Crippen LogP contribution in [0.4, 0.5) is 0 Å². The Balaban J connectivity index is 2.37. The van der Waals surface area contributed by atoms with Crippen molar-refractivity contribution in [2.75, 3.05) is 7.11 Å². The normalized spacial score (nSPS) is 12.2. The lowest BCUT2D eigenvalue weighted by molar-refractivity contribution is -0.138. The number of hydrogen-bond donors (Lipinski definition) is 1. The molecule has 0 fully saturated rings. The minimum absolute atomic E-state index is 0.581. The van der Waals surface area contributed by atoms with Crippen LogP contribution in [0.3, 0.4) is 0 Å². The van der Waals surface area contributed by atoms with Gasteiger partial charge in [-0.25, -0.2) is 4.68 Å². The van der Waals surface area contributed by atoms with Gasteiger partial charge in [0.15, 0.2) is 0 Å². The summed E-state index contributed by atoms with van der Waals surface area (Å²) in [5, 5.41) is 13.2. The lowest BCUT2D eigenvalue weighted by atomic mass is 10.1. The highest BCUT2D eigenvalue weighted by atomic mass is 79.9. The summed E-state index contributed by atoms with van der Waals surface area (Å²) in [7, 11) is 1.59. The number of methoxy groups -OCH3 is 1. The second kappa shape index (κ2) is 5.44. The molecule has 0 saturated heterocycles. The van der Waals surface area contributed by atoms with Crippen molar-refractivity contribution in [2.45, 2.75) is 12.8 Å². The number of hydrogen-bond acceptors (Lipinski definition) is 3. The van der Waals surface area contributed by atoms with E-state index in [1.165, 1.54) is 0 Å². The van der Waals surface area contributed by atoms with E-state index >= 15 is 0 Å². The number of rotatable bonds is 4. The predicted octanol–water partition coefficient (Wildman–Crippen LogP) is 2.83. The number of carboxylic acids is 1. The molecule has 0 aliphatic heterocycles. The van der Waals surface area contributed by atoms with E-state index in [1.807, 2.05) is 18.2 Å². The summed E-state index contributed by atoms with van der Waals surface area (Å²) in [6.45, 7) is 1.63. The SMILES string of the molecule is COc1cc(Br)cc(-n2cc(C(C)C(=O)O)cn2)c1. The molecular formula is C13H13BrN2O3. The second-order valence-electron chi connectivity index (χ2n) is 4.13. The van der Waals surface area contributed by atoms with Crippen LogP contribution in [0.2, 0.25) is 0 Å². The zero-order valence-electron chi connectivity index (χ0n) is 10.5. The van der Waals surface area contributed by atoms with Crippen molar-refractivity contribution in [3.05, 3.63) is 40.6 Å². The van der Waals surface area contributed by atoms with E-state index in [0.29, 0.717) is 11.3 Å². The second-order valence-corrected chi connectivity index (χ2v) is 5.04. The van der Waals surface area contributed by atoms with Crippen molar-refractivity contribution in [3.63, 3.8) is 0 Å². The van der Waals surface area contributed by atoms with Gasteiger partial charge in [0.05, 0.1) is 24.9 Å². The van der Waals surface area contributed by atoms with Gasteiger partial charge in [0, 0.05) is 22.3 Å². The number of carboxylic acid groups (broad SMARTS) is 1. The first-order valence-electron chi connectivity index (χ1n) is 5.63. The van der Waals surface area contributed by atoms with Gasteiger partial charge < -0.3 is 9.84 Å². The van der Waals surface area contributed by atoms with E-state index in [-0.39, 0.29) is 0 Å². The highest BCUT2D eigenvalue weighted by Crippen LogP contribution is 2.24. The molecular weight excluding hydrogens is 312 g/mol. The van der Waals surface area contributed by atoms with Crippen LogP contribution in [0, 0.1) is 0 Å². The van der Waals surface area contributed by atoms with Crippen molar-refractivity contribution >= 4 is 21.9 Å². The molecule has 1 aromatic heterocycles. The van der Waals surface area contributed by atoms with E-state index in [0.717, 1.165) is 10.2 Å². The molecule has 1 N–H and O–H groups in total. The minimum Gasteiger partial charge on any atom is -0.497 e. The maximum Gasteiger partial charge on any atom is 0.310 e. The van der Waals surface area contributed by atoms with Gasteiger partial charge in [-0.2, -0.15) is 5.10 Å². The molecule has 19 heavy (non-hydrogen) atoms. The molecule has 5 nitrogen and oxygen atoms in total. The van der Waals surface area contributed by atoms with Gasteiger partial charge in [0.2, 0.25) is 0 Å². The zero-order valence-corrected chi connectivity index (χ0v) is 12.1.